The molecule has 1 aliphatic rings. The van der Waals surface area contributed by atoms with Gasteiger partial charge in [-0.05, 0) is 5.41 Å². The van der Waals surface area contributed by atoms with Gasteiger partial charge in [-0.25, -0.2) is 0 Å². The molecule has 1 fully saturated rings. The molecule has 1 amide bonds. The summed E-state index contributed by atoms with van der Waals surface area (Å²) in [5.41, 5.74) is -0.233. The molecule has 7 heteroatoms. The third-order valence-electron chi connectivity index (χ3n) is 3.51. The van der Waals surface area contributed by atoms with E-state index >= 15 is 0 Å². The summed E-state index contributed by atoms with van der Waals surface area (Å²) < 4.78 is 36.4. The van der Waals surface area contributed by atoms with Crippen molar-refractivity contribution in [2.24, 2.45) is 5.41 Å². The Kier molecular flexibility index (Phi) is 5.43. The lowest BCUT2D eigenvalue weighted by Gasteiger charge is -2.38. The summed E-state index contributed by atoms with van der Waals surface area (Å²) in [6.45, 7) is 7.83. The molecule has 4 nitrogen and oxygen atoms in total. The summed E-state index contributed by atoms with van der Waals surface area (Å²) in [4.78, 5) is 14.7. The number of halogens is 3. The van der Waals surface area contributed by atoms with Crippen molar-refractivity contribution in [3.8, 4) is 0 Å². The van der Waals surface area contributed by atoms with Gasteiger partial charge < -0.3 is 10.0 Å². The molecule has 1 atom stereocenters. The Morgan fingerprint density at radius 1 is 1.15 bits per heavy atom. The summed E-state index contributed by atoms with van der Waals surface area (Å²) in [6, 6.07) is 0. The number of carbonyl (C=O) groups excluding carboxylic acids is 1. The standard InChI is InChI=1S/C13H23F3N2O2/c1-12(2,3)10(19)9-17-4-6-18(7-5-17)11(20)8-13(14,15)16/h10,19H,4-9H2,1-3H3. The minimum atomic E-state index is -4.45. The number of aliphatic hydroxyl groups is 1. The van der Waals surface area contributed by atoms with Crippen molar-refractivity contribution in [2.45, 2.75) is 39.5 Å². The average molecular weight is 296 g/mol. The van der Waals surface area contributed by atoms with E-state index in [1.807, 2.05) is 25.7 Å². The van der Waals surface area contributed by atoms with Crippen LogP contribution in [0.5, 0.6) is 0 Å². The van der Waals surface area contributed by atoms with Crippen LogP contribution >= 0.6 is 0 Å². The van der Waals surface area contributed by atoms with Gasteiger partial charge in [0.1, 0.15) is 6.42 Å². The summed E-state index contributed by atoms with van der Waals surface area (Å²) in [5.74, 6) is -0.867. The van der Waals surface area contributed by atoms with E-state index in [4.69, 9.17) is 0 Å². The van der Waals surface area contributed by atoms with Crippen molar-refractivity contribution >= 4 is 5.91 Å². The molecule has 1 aliphatic heterocycles. The van der Waals surface area contributed by atoms with Crippen LogP contribution in [0.1, 0.15) is 27.2 Å². The SMILES string of the molecule is CC(C)(C)C(O)CN1CCN(C(=O)CC(F)(F)F)CC1. The fourth-order valence-corrected chi connectivity index (χ4v) is 1.98. The lowest BCUT2D eigenvalue weighted by Crippen LogP contribution is -2.52. The topological polar surface area (TPSA) is 43.8 Å². The number of alkyl halides is 3. The molecule has 118 valence electrons. The fraction of sp³-hybridized carbons (Fsp3) is 0.923. The maximum Gasteiger partial charge on any atom is 0.397 e. The zero-order chi connectivity index (χ0) is 15.6. The van der Waals surface area contributed by atoms with Crippen LogP contribution in [0, 0.1) is 5.41 Å². The number of carbonyl (C=O) groups is 1. The maximum atomic E-state index is 12.1. The molecule has 0 bridgehead atoms. The molecule has 1 unspecified atom stereocenters. The number of hydrogen-bond acceptors (Lipinski definition) is 3. The molecule has 0 saturated carbocycles. The lowest BCUT2D eigenvalue weighted by atomic mass is 9.89. The monoisotopic (exact) mass is 296 g/mol. The first-order chi connectivity index (χ1) is 8.99. The second-order valence-corrected chi connectivity index (χ2v) is 6.36. The Labute approximate surface area is 117 Å². The van der Waals surface area contributed by atoms with Crippen molar-refractivity contribution in [2.75, 3.05) is 32.7 Å². The largest absolute Gasteiger partial charge is 0.397 e. The highest BCUT2D eigenvalue weighted by atomic mass is 19.4. The van der Waals surface area contributed by atoms with Crippen LogP contribution in [0.3, 0.4) is 0 Å². The van der Waals surface area contributed by atoms with E-state index < -0.39 is 24.6 Å². The maximum absolute atomic E-state index is 12.1. The van der Waals surface area contributed by atoms with Crippen molar-refractivity contribution in [1.29, 1.82) is 0 Å². The summed E-state index contributed by atoms with van der Waals surface area (Å²) >= 11 is 0. The molecule has 0 radical (unpaired) electrons. The third-order valence-corrected chi connectivity index (χ3v) is 3.51. The van der Waals surface area contributed by atoms with E-state index in [1.165, 1.54) is 4.90 Å². The van der Waals surface area contributed by atoms with Crippen molar-refractivity contribution < 1.29 is 23.1 Å². The molecule has 1 N–H and O–H groups in total. The van der Waals surface area contributed by atoms with Gasteiger partial charge in [-0.1, -0.05) is 20.8 Å². The van der Waals surface area contributed by atoms with Crippen LogP contribution in [0.25, 0.3) is 0 Å². The van der Waals surface area contributed by atoms with Gasteiger partial charge in [0.2, 0.25) is 5.91 Å². The van der Waals surface area contributed by atoms with Crippen LogP contribution in [0.2, 0.25) is 0 Å². The summed E-state index contributed by atoms with van der Waals surface area (Å²) in [6.07, 6.45) is -6.34. The van der Waals surface area contributed by atoms with Crippen molar-refractivity contribution in [3.05, 3.63) is 0 Å². The van der Waals surface area contributed by atoms with E-state index in [1.54, 1.807) is 0 Å². The molecule has 0 aromatic rings. The van der Waals surface area contributed by atoms with E-state index in [9.17, 15) is 23.1 Å². The molecule has 0 spiro atoms. The first-order valence-corrected chi connectivity index (χ1v) is 6.74. The van der Waals surface area contributed by atoms with E-state index in [2.05, 4.69) is 0 Å². The third kappa shape index (κ3) is 5.66. The molecule has 1 saturated heterocycles. The number of β-amino-alcohol motifs (C(OH)–C–C–N with tert-alkyl or cyclic N) is 1. The lowest BCUT2D eigenvalue weighted by molar-refractivity contribution is -0.162. The van der Waals surface area contributed by atoms with Crippen molar-refractivity contribution in [3.63, 3.8) is 0 Å². The second kappa shape index (κ2) is 6.30. The van der Waals surface area contributed by atoms with Crippen LogP contribution in [-0.2, 0) is 4.79 Å². The highest BCUT2D eigenvalue weighted by Crippen LogP contribution is 2.22. The normalized spacial score (nSPS) is 20.1. The van der Waals surface area contributed by atoms with Crippen LogP contribution < -0.4 is 0 Å². The zero-order valence-electron chi connectivity index (χ0n) is 12.2. The second-order valence-electron chi connectivity index (χ2n) is 6.36. The highest BCUT2D eigenvalue weighted by molar-refractivity contribution is 5.76. The highest BCUT2D eigenvalue weighted by Gasteiger charge is 2.35. The number of aliphatic hydroxyl groups excluding tert-OH is 1. The number of hydrogen-bond donors (Lipinski definition) is 1. The van der Waals surface area contributed by atoms with Gasteiger partial charge in [-0.15, -0.1) is 0 Å². The van der Waals surface area contributed by atoms with Gasteiger partial charge in [0, 0.05) is 32.7 Å². The van der Waals surface area contributed by atoms with Gasteiger partial charge >= 0.3 is 6.18 Å². The predicted octanol–water partition coefficient (Wildman–Crippen LogP) is 1.49. The minimum absolute atomic E-state index is 0.233. The Balaban J connectivity index is 2.39. The van der Waals surface area contributed by atoms with Gasteiger partial charge in [0.25, 0.3) is 0 Å². The Bertz CT molecular complexity index is 331. The number of amides is 1. The molecule has 0 aliphatic carbocycles. The smallest absolute Gasteiger partial charge is 0.391 e. The quantitative estimate of drug-likeness (QED) is 0.858. The zero-order valence-corrected chi connectivity index (χ0v) is 12.2. The van der Waals surface area contributed by atoms with Gasteiger partial charge in [-0.3, -0.25) is 9.69 Å². The molecule has 0 aromatic carbocycles. The predicted molar refractivity (Wildman–Crippen MR) is 69.2 cm³/mol. The van der Waals surface area contributed by atoms with Gasteiger partial charge in [0.15, 0.2) is 0 Å². The van der Waals surface area contributed by atoms with Crippen LogP contribution in [0.15, 0.2) is 0 Å². The Morgan fingerprint density at radius 2 is 1.65 bits per heavy atom. The molecule has 1 heterocycles. The first-order valence-electron chi connectivity index (χ1n) is 6.74. The van der Waals surface area contributed by atoms with Crippen molar-refractivity contribution in [1.82, 2.24) is 9.80 Å². The molecule has 20 heavy (non-hydrogen) atoms. The fourth-order valence-electron chi connectivity index (χ4n) is 1.98. The number of nitrogens with zero attached hydrogens (tertiary/aromatic N) is 2. The Hall–Kier alpha value is -0.820. The van der Waals surface area contributed by atoms with Crippen LogP contribution in [0.4, 0.5) is 13.2 Å². The molecular formula is C13H23F3N2O2. The molecule has 0 aromatic heterocycles. The first kappa shape index (κ1) is 17.2. The van der Waals surface area contributed by atoms with E-state index in [0.29, 0.717) is 19.6 Å². The molecule has 1 rings (SSSR count). The number of piperazine rings is 1. The van der Waals surface area contributed by atoms with E-state index in [0.717, 1.165) is 0 Å². The summed E-state index contributed by atoms with van der Waals surface area (Å²) in [5, 5.41) is 9.99. The minimum Gasteiger partial charge on any atom is -0.391 e. The molecular weight excluding hydrogens is 273 g/mol. The van der Waals surface area contributed by atoms with E-state index in [-0.39, 0.29) is 18.5 Å². The van der Waals surface area contributed by atoms with Crippen LogP contribution in [-0.4, -0.2) is 65.8 Å². The van der Waals surface area contributed by atoms with Gasteiger partial charge in [-0.2, -0.15) is 13.2 Å². The summed E-state index contributed by atoms with van der Waals surface area (Å²) in [7, 11) is 0. The van der Waals surface area contributed by atoms with Gasteiger partial charge in [0.05, 0.1) is 6.10 Å². The Morgan fingerprint density at radius 3 is 2.05 bits per heavy atom. The average Bonchev–Trinajstić information content (AvgIpc) is 2.26. The number of rotatable bonds is 3.